The molecule has 0 saturated heterocycles. The van der Waals surface area contributed by atoms with Gasteiger partial charge in [0, 0.05) is 6.42 Å². The van der Waals surface area contributed by atoms with Crippen molar-refractivity contribution in [3.05, 3.63) is 0 Å². The fourth-order valence-corrected chi connectivity index (χ4v) is 0.238. The zero-order valence-electron chi connectivity index (χ0n) is 5.43. The van der Waals surface area contributed by atoms with Crippen LogP contribution >= 0.6 is 0 Å². The van der Waals surface area contributed by atoms with Gasteiger partial charge in [-0.05, 0) is 0 Å². The van der Waals surface area contributed by atoms with Crippen LogP contribution in [0.15, 0.2) is 0 Å². The topological polar surface area (TPSA) is 110 Å². The number of hydrogen-bond acceptors (Lipinski definition) is 5. The lowest BCUT2D eigenvalue weighted by Crippen LogP contribution is -2.17. The minimum absolute atomic E-state index is 0.0764. The Kier molecular flexibility index (Phi) is 12.8. The predicted molar refractivity (Wildman–Crippen MR) is 33.6 cm³/mol. The monoisotopic (exact) mass is 149 g/mol. The Morgan fingerprint density at radius 2 is 1.90 bits per heavy atom. The van der Waals surface area contributed by atoms with Crippen molar-refractivity contribution in [2.75, 3.05) is 6.54 Å². The van der Waals surface area contributed by atoms with Gasteiger partial charge in [0.2, 0.25) is 6.41 Å². The van der Waals surface area contributed by atoms with Crippen LogP contribution in [0.3, 0.4) is 0 Å². The summed E-state index contributed by atoms with van der Waals surface area (Å²) in [5.74, 6) is 8.00. The number of aldehydes is 1. The molecule has 5 N–H and O–H groups in total. The number of nitrogens with zero attached hydrogens (tertiary/aromatic N) is 1. The van der Waals surface area contributed by atoms with E-state index in [0.29, 0.717) is 11.3 Å². The maximum atomic E-state index is 9.57. The van der Waals surface area contributed by atoms with Crippen molar-refractivity contribution in [2.45, 2.75) is 6.42 Å². The van der Waals surface area contributed by atoms with E-state index in [1.165, 1.54) is 0 Å². The molecule has 0 aliphatic carbocycles. The molecule has 10 heavy (non-hydrogen) atoms. The van der Waals surface area contributed by atoms with Crippen LogP contribution in [0.25, 0.3) is 0 Å². The summed E-state index contributed by atoms with van der Waals surface area (Å²) < 4.78 is 0. The van der Waals surface area contributed by atoms with Gasteiger partial charge in [-0.3, -0.25) is 21.7 Å². The van der Waals surface area contributed by atoms with Gasteiger partial charge in [0.05, 0.1) is 6.54 Å². The van der Waals surface area contributed by atoms with E-state index in [1.54, 1.807) is 0 Å². The number of amides is 1. The summed E-state index contributed by atoms with van der Waals surface area (Å²) in [5, 5.41) is 8.72. The molecule has 0 aromatic heterocycles. The summed E-state index contributed by atoms with van der Waals surface area (Å²) in [5.41, 5.74) is 0. The van der Waals surface area contributed by atoms with Gasteiger partial charge in [0.1, 0.15) is 6.29 Å². The Labute approximate surface area is 58.3 Å². The quantitative estimate of drug-likeness (QED) is 0.190. The van der Waals surface area contributed by atoms with E-state index in [0.717, 1.165) is 0 Å². The summed E-state index contributed by atoms with van der Waals surface area (Å²) in [7, 11) is 0. The third kappa shape index (κ3) is 10.1. The summed E-state index contributed by atoms with van der Waals surface area (Å²) >= 11 is 0. The van der Waals surface area contributed by atoms with Crippen LogP contribution in [-0.4, -0.2) is 29.5 Å². The standard InChI is InChI=1S/C4H7NO3.H4N2/c6-3-1-2-5(8)4-7;1-2/h3-4,8H,1-2H2;1-2H2. The summed E-state index contributed by atoms with van der Waals surface area (Å²) in [6.07, 6.45) is 1.06. The molecule has 0 rings (SSSR count). The highest BCUT2D eigenvalue weighted by atomic mass is 16.5. The molecule has 0 saturated carbocycles. The van der Waals surface area contributed by atoms with Crippen LogP contribution in [0.4, 0.5) is 0 Å². The average Bonchev–Trinajstić information content (AvgIpc) is 2.04. The van der Waals surface area contributed by atoms with Gasteiger partial charge in [0.15, 0.2) is 0 Å². The maximum absolute atomic E-state index is 9.57. The highest BCUT2D eigenvalue weighted by molar-refractivity contribution is 5.51. The SMILES string of the molecule is NN.O=CCCN(O)C=O. The molecule has 0 heterocycles. The van der Waals surface area contributed by atoms with Gasteiger partial charge in [-0.25, -0.2) is 5.06 Å². The van der Waals surface area contributed by atoms with Crippen LogP contribution in [0.1, 0.15) is 6.42 Å². The molecule has 1 amide bonds. The van der Waals surface area contributed by atoms with Gasteiger partial charge in [-0.2, -0.15) is 0 Å². The number of rotatable bonds is 4. The Bertz CT molecular complexity index is 87.8. The lowest BCUT2D eigenvalue weighted by Gasteiger charge is -2.02. The molecule has 0 aromatic carbocycles. The molecule has 6 nitrogen and oxygen atoms in total. The number of hydrogen-bond donors (Lipinski definition) is 3. The van der Waals surface area contributed by atoms with Crippen LogP contribution in [0.5, 0.6) is 0 Å². The van der Waals surface area contributed by atoms with Crippen molar-refractivity contribution in [1.29, 1.82) is 0 Å². The van der Waals surface area contributed by atoms with Crippen molar-refractivity contribution in [2.24, 2.45) is 11.7 Å². The van der Waals surface area contributed by atoms with Crippen LogP contribution in [0.2, 0.25) is 0 Å². The van der Waals surface area contributed by atoms with E-state index in [4.69, 9.17) is 5.21 Å². The Morgan fingerprint density at radius 3 is 2.20 bits per heavy atom. The zero-order valence-corrected chi connectivity index (χ0v) is 5.43. The van der Waals surface area contributed by atoms with Gasteiger partial charge < -0.3 is 4.79 Å². The van der Waals surface area contributed by atoms with Crippen molar-refractivity contribution in [3.63, 3.8) is 0 Å². The Hall–Kier alpha value is -0.980. The number of hydroxylamine groups is 2. The fourth-order valence-electron chi connectivity index (χ4n) is 0.238. The highest BCUT2D eigenvalue weighted by Gasteiger charge is 1.90. The van der Waals surface area contributed by atoms with Crippen LogP contribution < -0.4 is 11.7 Å². The molecule has 60 valence electrons. The van der Waals surface area contributed by atoms with E-state index in [2.05, 4.69) is 11.7 Å². The molecular weight excluding hydrogens is 138 g/mol. The largest absolute Gasteiger partial charge is 0.303 e. The molecule has 0 fully saturated rings. The lowest BCUT2D eigenvalue weighted by molar-refractivity contribution is -0.150. The van der Waals surface area contributed by atoms with E-state index in [1.807, 2.05) is 0 Å². The first kappa shape index (κ1) is 11.8. The molecule has 0 radical (unpaired) electrons. The summed E-state index contributed by atoms with van der Waals surface area (Å²) in [6, 6.07) is 0. The van der Waals surface area contributed by atoms with Crippen LogP contribution in [0, 0.1) is 0 Å². The van der Waals surface area contributed by atoms with Gasteiger partial charge in [-0.1, -0.05) is 0 Å². The number of carbonyl (C=O) groups excluding carboxylic acids is 2. The highest BCUT2D eigenvalue weighted by Crippen LogP contribution is 1.75. The number of carbonyl (C=O) groups is 2. The molecule has 0 spiro atoms. The van der Waals surface area contributed by atoms with Crippen LogP contribution in [-0.2, 0) is 9.59 Å². The minimum Gasteiger partial charge on any atom is -0.303 e. The lowest BCUT2D eigenvalue weighted by atomic mass is 10.5. The molecule has 0 atom stereocenters. The average molecular weight is 149 g/mol. The van der Waals surface area contributed by atoms with Gasteiger partial charge in [-0.15, -0.1) is 0 Å². The van der Waals surface area contributed by atoms with E-state index in [9.17, 15) is 9.59 Å². The molecule has 0 aliphatic rings. The normalized spacial score (nSPS) is 7.10. The van der Waals surface area contributed by atoms with Crippen molar-refractivity contribution >= 4 is 12.7 Å². The van der Waals surface area contributed by atoms with E-state index in [-0.39, 0.29) is 19.4 Å². The molecular formula is C4H11N3O3. The molecule has 6 heteroatoms. The third-order valence-electron chi connectivity index (χ3n) is 0.598. The predicted octanol–water partition coefficient (Wildman–Crippen LogP) is -1.76. The second-order valence-corrected chi connectivity index (χ2v) is 1.22. The molecule has 0 unspecified atom stereocenters. The summed E-state index contributed by atoms with van der Waals surface area (Å²) in [6.45, 7) is 0.0764. The van der Waals surface area contributed by atoms with Gasteiger partial charge in [0.25, 0.3) is 0 Å². The minimum atomic E-state index is 0.0764. The second kappa shape index (κ2) is 10.9. The van der Waals surface area contributed by atoms with Crippen molar-refractivity contribution in [1.82, 2.24) is 5.06 Å². The second-order valence-electron chi connectivity index (χ2n) is 1.22. The summed E-state index contributed by atoms with van der Waals surface area (Å²) in [4.78, 5) is 19.1. The molecule has 0 bridgehead atoms. The maximum Gasteiger partial charge on any atom is 0.233 e. The number of hydrazine groups is 1. The fraction of sp³-hybridized carbons (Fsp3) is 0.500. The Morgan fingerprint density at radius 1 is 1.40 bits per heavy atom. The van der Waals surface area contributed by atoms with E-state index < -0.39 is 0 Å². The van der Waals surface area contributed by atoms with Crippen molar-refractivity contribution < 1.29 is 14.8 Å². The van der Waals surface area contributed by atoms with E-state index >= 15 is 0 Å². The first-order chi connectivity index (χ1) is 4.81. The van der Waals surface area contributed by atoms with Gasteiger partial charge >= 0.3 is 0 Å². The smallest absolute Gasteiger partial charge is 0.233 e. The first-order valence-corrected chi connectivity index (χ1v) is 2.49. The zero-order chi connectivity index (χ0) is 8.41. The Balaban J connectivity index is 0. The first-order valence-electron chi connectivity index (χ1n) is 2.49. The number of nitrogens with two attached hydrogens (primary N) is 2. The molecule has 0 aromatic rings. The third-order valence-corrected chi connectivity index (χ3v) is 0.598. The van der Waals surface area contributed by atoms with Crippen molar-refractivity contribution in [3.8, 4) is 0 Å². The molecule has 0 aliphatic heterocycles.